The maximum Gasteiger partial charge on any atom is 0.308 e. The van der Waals surface area contributed by atoms with E-state index in [1.165, 1.54) is 21.2 Å². The maximum absolute atomic E-state index is 14.1. The van der Waals surface area contributed by atoms with Crippen LogP contribution in [0, 0.1) is 5.92 Å². The molecule has 6 rings (SSSR count). The first-order valence-corrected chi connectivity index (χ1v) is 16.1. The van der Waals surface area contributed by atoms with E-state index in [2.05, 4.69) is 26.1 Å². The zero-order chi connectivity index (χ0) is 31.3. The van der Waals surface area contributed by atoms with Gasteiger partial charge in [0.2, 0.25) is 17.7 Å². The molecule has 8 nitrogen and oxygen atoms in total. The number of hydrogen-bond acceptors (Lipinski definition) is 7. The van der Waals surface area contributed by atoms with E-state index in [1.807, 2.05) is 24.3 Å². The van der Waals surface area contributed by atoms with Crippen LogP contribution < -0.4 is 19.8 Å². The molecule has 2 aliphatic rings. The number of amides is 3. The highest BCUT2D eigenvalue weighted by Crippen LogP contribution is 2.54. The molecular formula is C33H30ClN3O5S2. The number of thiazole rings is 1. The Morgan fingerprint density at radius 3 is 2.20 bits per heavy atom. The first kappa shape index (κ1) is 30.2. The largest absolute Gasteiger partial charge is 0.497 e. The number of anilines is 2. The lowest BCUT2D eigenvalue weighted by Gasteiger charge is -2.31. The van der Waals surface area contributed by atoms with Crippen LogP contribution in [0.1, 0.15) is 42.7 Å². The minimum absolute atomic E-state index is 0.0788. The number of aromatic nitrogens is 1. The van der Waals surface area contributed by atoms with Crippen LogP contribution in [0.15, 0.2) is 82.6 Å². The fourth-order valence-electron chi connectivity index (χ4n) is 5.67. The number of halogens is 1. The van der Waals surface area contributed by atoms with Crippen LogP contribution in [-0.4, -0.2) is 34.6 Å². The van der Waals surface area contributed by atoms with E-state index in [9.17, 15) is 19.2 Å². The molecule has 2 unspecified atom stereocenters. The van der Waals surface area contributed by atoms with Gasteiger partial charge < -0.3 is 10.1 Å². The highest BCUT2D eigenvalue weighted by molar-refractivity contribution is 8.00. The van der Waals surface area contributed by atoms with Crippen LogP contribution in [0.4, 0.5) is 11.4 Å². The number of ether oxygens (including phenoxy) is 1. The first-order valence-electron chi connectivity index (χ1n) is 14.0. The molecular weight excluding hydrogens is 618 g/mol. The smallest absolute Gasteiger partial charge is 0.308 e. The van der Waals surface area contributed by atoms with Crippen LogP contribution in [0.3, 0.4) is 0 Å². The van der Waals surface area contributed by atoms with Gasteiger partial charge in [-0.25, -0.2) is 4.90 Å². The summed E-state index contributed by atoms with van der Waals surface area (Å²) in [6.45, 7) is 6.14. The predicted molar refractivity (Wildman–Crippen MR) is 174 cm³/mol. The number of benzene rings is 3. The molecule has 1 saturated heterocycles. The molecule has 0 spiro atoms. The van der Waals surface area contributed by atoms with Gasteiger partial charge in [0.25, 0.3) is 0 Å². The van der Waals surface area contributed by atoms with Crippen molar-refractivity contribution in [2.75, 3.05) is 17.3 Å². The molecule has 3 heterocycles. The molecule has 3 atom stereocenters. The molecule has 3 amide bonds. The van der Waals surface area contributed by atoms with Crippen molar-refractivity contribution in [3.05, 3.63) is 103 Å². The minimum atomic E-state index is -0.774. The summed E-state index contributed by atoms with van der Waals surface area (Å²) in [6, 6.07) is 21.5. The molecule has 11 heteroatoms. The topological polar surface area (TPSA) is 97.7 Å². The Balaban J connectivity index is 1.41. The minimum Gasteiger partial charge on any atom is -0.497 e. The van der Waals surface area contributed by atoms with Gasteiger partial charge >= 0.3 is 4.87 Å². The molecule has 2 aliphatic heterocycles. The lowest BCUT2D eigenvalue weighted by Crippen LogP contribution is -2.33. The van der Waals surface area contributed by atoms with Gasteiger partial charge in [0.1, 0.15) is 17.5 Å². The average Bonchev–Trinajstić information content (AvgIpc) is 3.44. The highest BCUT2D eigenvalue weighted by Gasteiger charge is 2.56. The molecule has 44 heavy (non-hydrogen) atoms. The number of fused-ring (bicyclic) bond motifs is 2. The average molecular weight is 648 g/mol. The third kappa shape index (κ3) is 5.46. The fraction of sp³-hybridized carbons (Fsp3) is 0.273. The molecule has 1 N–H and O–H groups in total. The van der Waals surface area contributed by atoms with E-state index in [1.54, 1.807) is 55.6 Å². The van der Waals surface area contributed by atoms with Crippen LogP contribution >= 0.6 is 34.7 Å². The van der Waals surface area contributed by atoms with E-state index in [-0.39, 0.29) is 28.6 Å². The Hall–Kier alpha value is -3.86. The van der Waals surface area contributed by atoms with Gasteiger partial charge in [-0.15, -0.1) is 0 Å². The Morgan fingerprint density at radius 1 is 0.932 bits per heavy atom. The lowest BCUT2D eigenvalue weighted by atomic mass is 9.81. The van der Waals surface area contributed by atoms with Crippen LogP contribution in [0.2, 0.25) is 5.02 Å². The Bertz CT molecular complexity index is 1810. The highest BCUT2D eigenvalue weighted by atomic mass is 35.5. The third-order valence-electron chi connectivity index (χ3n) is 7.95. The number of hydrogen-bond donors (Lipinski definition) is 1. The lowest BCUT2D eigenvalue weighted by molar-refractivity contribution is -0.122. The van der Waals surface area contributed by atoms with Gasteiger partial charge in [0, 0.05) is 21.5 Å². The summed E-state index contributed by atoms with van der Waals surface area (Å²) in [5.41, 5.74) is 2.89. The van der Waals surface area contributed by atoms with Crippen molar-refractivity contribution in [3.8, 4) is 5.75 Å². The summed E-state index contributed by atoms with van der Waals surface area (Å²) < 4.78 is 6.67. The van der Waals surface area contributed by atoms with Crippen LogP contribution in [0.5, 0.6) is 5.75 Å². The van der Waals surface area contributed by atoms with Gasteiger partial charge in [-0.1, -0.05) is 79.7 Å². The van der Waals surface area contributed by atoms with E-state index in [0.717, 1.165) is 22.5 Å². The molecule has 0 bridgehead atoms. The molecule has 3 aromatic carbocycles. The van der Waals surface area contributed by atoms with Crippen molar-refractivity contribution in [2.45, 2.75) is 48.9 Å². The fourth-order valence-corrected chi connectivity index (χ4v) is 8.57. The second-order valence-electron chi connectivity index (χ2n) is 11.8. The Morgan fingerprint density at radius 2 is 1.59 bits per heavy atom. The number of carbonyl (C=O) groups is 3. The van der Waals surface area contributed by atoms with Crippen molar-refractivity contribution in [3.63, 3.8) is 0 Å². The monoisotopic (exact) mass is 647 g/mol. The molecule has 0 aliphatic carbocycles. The van der Waals surface area contributed by atoms with Gasteiger partial charge in [-0.2, -0.15) is 0 Å². The van der Waals surface area contributed by atoms with Crippen molar-refractivity contribution in [2.24, 2.45) is 5.92 Å². The van der Waals surface area contributed by atoms with Gasteiger partial charge in [0.15, 0.2) is 0 Å². The molecule has 1 aromatic heterocycles. The number of methoxy groups -OCH3 is 1. The van der Waals surface area contributed by atoms with E-state index in [0.29, 0.717) is 32.1 Å². The number of carbonyl (C=O) groups excluding carboxylic acids is 3. The van der Waals surface area contributed by atoms with Gasteiger partial charge in [-0.3, -0.25) is 23.7 Å². The Kier molecular flexibility index (Phi) is 7.94. The number of thioether (sulfide) groups is 1. The second kappa shape index (κ2) is 11.6. The molecule has 4 aromatic rings. The summed E-state index contributed by atoms with van der Waals surface area (Å²) in [5.74, 6) is -1.72. The molecule has 0 saturated carbocycles. The quantitative estimate of drug-likeness (QED) is 0.247. The summed E-state index contributed by atoms with van der Waals surface area (Å²) >= 11 is 8.18. The molecule has 0 radical (unpaired) electrons. The number of nitrogens with one attached hydrogen (secondary N) is 1. The van der Waals surface area contributed by atoms with E-state index < -0.39 is 23.0 Å². The number of rotatable bonds is 6. The van der Waals surface area contributed by atoms with E-state index >= 15 is 0 Å². The predicted octanol–water partition coefficient (Wildman–Crippen LogP) is 6.30. The third-order valence-corrected chi connectivity index (χ3v) is 10.8. The second-order valence-corrected chi connectivity index (χ2v) is 14.4. The standard InChI is InChI=1S/C33H30ClN3O5S2/c1-33(2,3)19-7-5-18(6-8-19)25-26-27(30(40)37(29(26)39)22-13-15-23(42-4)16-14-22)43-31-28(25)44-32(41)36(31)17-24(38)35-21-11-9-20(34)10-12-21/h5-16,25-27H,17H2,1-4H3,(H,35,38)/t25-,26?,27?/m1/s1. The SMILES string of the molecule is COc1ccc(N2C(=O)C3Sc4c(sc(=O)n4CC(=O)Nc4ccc(Cl)cc4)[C@H](c4ccc(C(C)(C)C)cc4)C3C2=O)cc1. The van der Waals surface area contributed by atoms with Crippen molar-refractivity contribution < 1.29 is 19.1 Å². The molecule has 226 valence electrons. The Labute approximate surface area is 268 Å². The van der Waals surface area contributed by atoms with Crippen molar-refractivity contribution >= 4 is 63.8 Å². The zero-order valence-electron chi connectivity index (χ0n) is 24.5. The van der Waals surface area contributed by atoms with Crippen LogP contribution in [-0.2, 0) is 26.3 Å². The summed E-state index contributed by atoms with van der Waals surface area (Å²) in [6.07, 6.45) is 0. The van der Waals surface area contributed by atoms with Gasteiger partial charge in [0.05, 0.1) is 23.7 Å². The van der Waals surface area contributed by atoms with E-state index in [4.69, 9.17) is 16.3 Å². The van der Waals surface area contributed by atoms with Gasteiger partial charge in [-0.05, 0) is 65.1 Å². The summed E-state index contributed by atoms with van der Waals surface area (Å²) in [4.78, 5) is 56.2. The van der Waals surface area contributed by atoms with Crippen molar-refractivity contribution in [1.82, 2.24) is 4.57 Å². The summed E-state index contributed by atoms with van der Waals surface area (Å²) in [5, 5.41) is 3.11. The number of nitrogens with zero attached hydrogens (tertiary/aromatic N) is 2. The van der Waals surface area contributed by atoms with Crippen LogP contribution in [0.25, 0.3) is 0 Å². The molecule has 1 fully saturated rings. The zero-order valence-corrected chi connectivity index (χ0v) is 26.9. The summed E-state index contributed by atoms with van der Waals surface area (Å²) in [7, 11) is 1.55. The van der Waals surface area contributed by atoms with Crippen molar-refractivity contribution in [1.29, 1.82) is 0 Å². The maximum atomic E-state index is 14.1. The number of imide groups is 1. The normalized spacial score (nSPS) is 19.5. The first-order chi connectivity index (χ1) is 21.0.